The highest BCUT2D eigenvalue weighted by molar-refractivity contribution is 5.90. The van der Waals surface area contributed by atoms with Gasteiger partial charge in [-0.1, -0.05) is 54.7 Å². The molecule has 2 saturated heterocycles. The van der Waals surface area contributed by atoms with E-state index in [1.165, 1.54) is 18.4 Å². The molecule has 1 aliphatic carbocycles. The summed E-state index contributed by atoms with van der Waals surface area (Å²) in [6, 6.07) is 11.0. The lowest BCUT2D eigenvalue weighted by Crippen LogP contribution is -2.48. The van der Waals surface area contributed by atoms with E-state index in [4.69, 9.17) is 4.74 Å². The molecule has 0 radical (unpaired) electrons. The number of hydrogen-bond acceptors (Lipinski definition) is 3. The van der Waals surface area contributed by atoms with Crippen molar-refractivity contribution in [1.29, 1.82) is 0 Å². The van der Waals surface area contributed by atoms with E-state index in [0.717, 1.165) is 37.0 Å². The van der Waals surface area contributed by atoms with Gasteiger partial charge in [0.1, 0.15) is 0 Å². The van der Waals surface area contributed by atoms with Crippen molar-refractivity contribution in [2.24, 2.45) is 0 Å². The number of benzene rings is 1. The summed E-state index contributed by atoms with van der Waals surface area (Å²) in [5, 5.41) is 0. The minimum atomic E-state index is -0.437. The molecule has 0 saturated carbocycles. The number of hydrogen-bond donors (Lipinski definition) is 0. The van der Waals surface area contributed by atoms with E-state index >= 15 is 0 Å². The van der Waals surface area contributed by atoms with Crippen molar-refractivity contribution in [3.63, 3.8) is 0 Å². The zero-order valence-corrected chi connectivity index (χ0v) is 14.2. The standard InChI is InChI=1S/C22H21NO2/c24-21-14-19-17(10-6-9-16-7-2-1-3-8-16)13-18-15-22(19,25-21)20-11-4-5-12-23(18)20/h1-3,7-8,13-14,18,20H,4-5,9,11-12,15H2. The third-order valence-corrected chi connectivity index (χ3v) is 6.03. The molecule has 0 aromatic heterocycles. The summed E-state index contributed by atoms with van der Waals surface area (Å²) >= 11 is 0. The van der Waals surface area contributed by atoms with Crippen molar-refractivity contribution < 1.29 is 9.53 Å². The Labute approximate surface area is 148 Å². The summed E-state index contributed by atoms with van der Waals surface area (Å²) in [5.41, 5.74) is 2.82. The second-order valence-corrected chi connectivity index (χ2v) is 7.43. The maximum atomic E-state index is 12.1. The van der Waals surface area contributed by atoms with Gasteiger partial charge in [0.05, 0.1) is 6.04 Å². The van der Waals surface area contributed by atoms with Gasteiger partial charge in [-0.25, -0.2) is 4.79 Å². The maximum absolute atomic E-state index is 12.1. The number of ether oxygens (including phenoxy) is 1. The molecular formula is C22H21NO2. The van der Waals surface area contributed by atoms with Crippen molar-refractivity contribution >= 4 is 5.97 Å². The van der Waals surface area contributed by atoms with Gasteiger partial charge < -0.3 is 4.74 Å². The molecule has 3 nitrogen and oxygen atoms in total. The number of rotatable bonds is 1. The number of piperidine rings is 1. The number of fused-ring (bicyclic) bond motifs is 3. The summed E-state index contributed by atoms with van der Waals surface area (Å²) in [5.74, 6) is 6.46. The predicted octanol–water partition coefficient (Wildman–Crippen LogP) is 3.02. The van der Waals surface area contributed by atoms with Crippen LogP contribution in [0.3, 0.4) is 0 Å². The monoisotopic (exact) mass is 331 g/mol. The fourth-order valence-corrected chi connectivity index (χ4v) is 5.01. The number of carbonyl (C=O) groups is 1. The first kappa shape index (κ1) is 15.0. The van der Waals surface area contributed by atoms with Gasteiger partial charge in [0.2, 0.25) is 0 Å². The molecule has 3 aliphatic heterocycles. The summed E-state index contributed by atoms with van der Waals surface area (Å²) in [4.78, 5) is 14.7. The fourth-order valence-electron chi connectivity index (χ4n) is 5.01. The summed E-state index contributed by atoms with van der Waals surface area (Å²) in [7, 11) is 0. The van der Waals surface area contributed by atoms with Crippen LogP contribution >= 0.6 is 0 Å². The first-order valence-corrected chi connectivity index (χ1v) is 9.22. The largest absolute Gasteiger partial charge is 0.449 e. The molecule has 1 aromatic rings. The smallest absolute Gasteiger partial charge is 0.332 e. The van der Waals surface area contributed by atoms with Crippen LogP contribution in [0.25, 0.3) is 0 Å². The van der Waals surface area contributed by atoms with Gasteiger partial charge in [0.25, 0.3) is 0 Å². The van der Waals surface area contributed by atoms with Gasteiger partial charge in [0.15, 0.2) is 5.60 Å². The molecule has 126 valence electrons. The van der Waals surface area contributed by atoms with E-state index in [1.807, 2.05) is 18.2 Å². The van der Waals surface area contributed by atoms with E-state index in [1.54, 1.807) is 6.08 Å². The molecule has 2 bridgehead atoms. The molecule has 25 heavy (non-hydrogen) atoms. The second kappa shape index (κ2) is 5.61. The van der Waals surface area contributed by atoms with Crippen LogP contribution in [0.1, 0.15) is 31.2 Å². The Hall–Kier alpha value is -2.31. The fraction of sp³-hybridized carbons (Fsp3) is 0.409. The first-order chi connectivity index (χ1) is 12.3. The highest BCUT2D eigenvalue weighted by Crippen LogP contribution is 2.53. The van der Waals surface area contributed by atoms with Gasteiger partial charge in [-0.3, -0.25) is 4.90 Å². The van der Waals surface area contributed by atoms with E-state index < -0.39 is 5.60 Å². The van der Waals surface area contributed by atoms with Crippen LogP contribution < -0.4 is 0 Å². The summed E-state index contributed by atoms with van der Waals surface area (Å²) in [6.07, 6.45) is 9.16. The van der Waals surface area contributed by atoms with Crippen molar-refractivity contribution in [3.05, 3.63) is 59.2 Å². The van der Waals surface area contributed by atoms with Crippen molar-refractivity contribution in [1.82, 2.24) is 4.90 Å². The molecule has 3 atom stereocenters. The van der Waals surface area contributed by atoms with Crippen molar-refractivity contribution in [2.75, 3.05) is 6.54 Å². The quantitative estimate of drug-likeness (QED) is 0.585. The lowest BCUT2D eigenvalue weighted by Gasteiger charge is -2.38. The van der Waals surface area contributed by atoms with Gasteiger partial charge >= 0.3 is 5.97 Å². The van der Waals surface area contributed by atoms with Crippen LogP contribution in [0, 0.1) is 11.8 Å². The average Bonchev–Trinajstić information content (AvgIpc) is 3.12. The topological polar surface area (TPSA) is 29.5 Å². The molecule has 2 fully saturated rings. The highest BCUT2D eigenvalue weighted by Gasteiger charge is 2.61. The highest BCUT2D eigenvalue weighted by atomic mass is 16.6. The Bertz CT molecular complexity index is 842. The molecule has 3 heteroatoms. The van der Waals surface area contributed by atoms with Crippen LogP contribution in [0.5, 0.6) is 0 Å². The van der Waals surface area contributed by atoms with Gasteiger partial charge in [-0.15, -0.1) is 0 Å². The van der Waals surface area contributed by atoms with Crippen molar-refractivity contribution in [3.8, 4) is 11.8 Å². The van der Waals surface area contributed by atoms with Gasteiger partial charge in [-0.05, 0) is 24.9 Å². The maximum Gasteiger partial charge on any atom is 0.332 e. The van der Waals surface area contributed by atoms with E-state index in [9.17, 15) is 4.79 Å². The van der Waals surface area contributed by atoms with Crippen molar-refractivity contribution in [2.45, 2.75) is 49.8 Å². The zero-order chi connectivity index (χ0) is 16.9. The van der Waals surface area contributed by atoms with Crippen LogP contribution in [-0.4, -0.2) is 35.1 Å². The van der Waals surface area contributed by atoms with E-state index in [0.29, 0.717) is 12.1 Å². The molecule has 3 unspecified atom stereocenters. The minimum Gasteiger partial charge on any atom is -0.449 e. The van der Waals surface area contributed by atoms with Gasteiger partial charge in [-0.2, -0.15) is 0 Å². The SMILES string of the molecule is O=C1C=C2C(C#CCc3ccccc3)=CC3CC2(O1)C1CCCCN31. The molecule has 0 amide bonds. The molecular weight excluding hydrogens is 310 g/mol. The number of esters is 1. The lowest BCUT2D eigenvalue weighted by atomic mass is 9.77. The van der Waals surface area contributed by atoms with Crippen LogP contribution in [-0.2, 0) is 16.0 Å². The predicted molar refractivity (Wildman–Crippen MR) is 95.7 cm³/mol. The molecule has 3 heterocycles. The Morgan fingerprint density at radius 3 is 3.00 bits per heavy atom. The van der Waals surface area contributed by atoms with Crippen LogP contribution in [0.2, 0.25) is 0 Å². The summed E-state index contributed by atoms with van der Waals surface area (Å²) < 4.78 is 5.93. The Balaban J connectivity index is 1.49. The third-order valence-electron chi connectivity index (χ3n) is 6.03. The van der Waals surface area contributed by atoms with E-state index in [-0.39, 0.29) is 5.97 Å². The molecule has 1 spiro atoms. The molecule has 5 rings (SSSR count). The first-order valence-electron chi connectivity index (χ1n) is 9.22. The Morgan fingerprint density at radius 2 is 2.12 bits per heavy atom. The second-order valence-electron chi connectivity index (χ2n) is 7.43. The Morgan fingerprint density at radius 1 is 1.24 bits per heavy atom. The number of nitrogens with zero attached hydrogens (tertiary/aromatic N) is 1. The van der Waals surface area contributed by atoms with Crippen LogP contribution in [0.4, 0.5) is 0 Å². The Kier molecular flexibility index (Phi) is 3.36. The lowest BCUT2D eigenvalue weighted by molar-refractivity contribution is -0.148. The third kappa shape index (κ3) is 2.28. The molecule has 1 aromatic carbocycles. The molecule has 0 N–H and O–H groups in total. The van der Waals surface area contributed by atoms with Crippen LogP contribution in [0.15, 0.2) is 53.6 Å². The summed E-state index contributed by atoms with van der Waals surface area (Å²) in [6.45, 7) is 1.10. The average molecular weight is 331 g/mol. The van der Waals surface area contributed by atoms with E-state index in [2.05, 4.69) is 34.9 Å². The normalized spacial score (nSPS) is 32.7. The molecule has 4 aliphatic rings. The minimum absolute atomic E-state index is 0.196. The zero-order valence-electron chi connectivity index (χ0n) is 14.2. The number of carbonyl (C=O) groups excluding carboxylic acids is 1. The van der Waals surface area contributed by atoms with Gasteiger partial charge in [0, 0.05) is 36.1 Å².